The van der Waals surface area contributed by atoms with Crippen molar-refractivity contribution in [3.63, 3.8) is 0 Å². The van der Waals surface area contributed by atoms with E-state index in [0.717, 1.165) is 16.5 Å². The molecule has 140 valence electrons. The van der Waals surface area contributed by atoms with Gasteiger partial charge in [-0.3, -0.25) is 4.79 Å². The van der Waals surface area contributed by atoms with Crippen LogP contribution in [0.1, 0.15) is 22.8 Å². The number of esters is 1. The molecular formula is C21H21FN2O3. The van der Waals surface area contributed by atoms with Gasteiger partial charge in [0, 0.05) is 30.7 Å². The summed E-state index contributed by atoms with van der Waals surface area (Å²) in [5, 5.41) is 3.52. The number of benzene rings is 2. The van der Waals surface area contributed by atoms with E-state index >= 15 is 0 Å². The zero-order valence-electron chi connectivity index (χ0n) is 15.2. The minimum atomic E-state index is -0.912. The van der Waals surface area contributed by atoms with E-state index in [1.165, 1.54) is 19.1 Å². The third kappa shape index (κ3) is 4.34. The lowest BCUT2D eigenvalue weighted by atomic mass is 10.1. The molecule has 1 N–H and O–H groups in total. The van der Waals surface area contributed by atoms with Crippen LogP contribution in [0.4, 0.5) is 4.39 Å². The number of ether oxygens (including phenoxy) is 1. The number of aromatic nitrogens is 1. The van der Waals surface area contributed by atoms with Gasteiger partial charge in [-0.2, -0.15) is 0 Å². The molecule has 3 aromatic rings. The van der Waals surface area contributed by atoms with Gasteiger partial charge in [-0.15, -0.1) is 0 Å². The summed E-state index contributed by atoms with van der Waals surface area (Å²) in [7, 11) is 1.85. The van der Waals surface area contributed by atoms with Gasteiger partial charge in [0.25, 0.3) is 5.91 Å². The van der Waals surface area contributed by atoms with Crippen molar-refractivity contribution in [3.8, 4) is 0 Å². The van der Waals surface area contributed by atoms with E-state index in [0.29, 0.717) is 18.5 Å². The quantitative estimate of drug-likeness (QED) is 0.680. The van der Waals surface area contributed by atoms with E-state index in [1.807, 2.05) is 35.9 Å². The minimum absolute atomic E-state index is 0.295. The SMILES string of the molecule is C[C@@H](OC(=O)c1cn(C)c2ccccc12)C(=O)NCCc1ccc(F)cc1. The van der Waals surface area contributed by atoms with Crippen molar-refractivity contribution in [1.82, 2.24) is 9.88 Å². The van der Waals surface area contributed by atoms with E-state index in [9.17, 15) is 14.0 Å². The van der Waals surface area contributed by atoms with Crippen LogP contribution < -0.4 is 5.32 Å². The number of hydrogen-bond donors (Lipinski definition) is 1. The highest BCUT2D eigenvalue weighted by atomic mass is 19.1. The maximum atomic E-state index is 12.9. The van der Waals surface area contributed by atoms with Gasteiger partial charge in [-0.1, -0.05) is 30.3 Å². The molecule has 6 heteroatoms. The number of nitrogens with zero attached hydrogens (tertiary/aromatic N) is 1. The monoisotopic (exact) mass is 368 g/mol. The van der Waals surface area contributed by atoms with Crippen molar-refractivity contribution in [2.75, 3.05) is 6.54 Å². The van der Waals surface area contributed by atoms with Crippen molar-refractivity contribution < 1.29 is 18.7 Å². The first-order valence-electron chi connectivity index (χ1n) is 8.73. The van der Waals surface area contributed by atoms with Gasteiger partial charge in [0.2, 0.25) is 0 Å². The van der Waals surface area contributed by atoms with E-state index in [-0.39, 0.29) is 11.7 Å². The molecule has 1 heterocycles. The largest absolute Gasteiger partial charge is 0.449 e. The highest BCUT2D eigenvalue weighted by molar-refractivity contribution is 6.05. The summed E-state index contributed by atoms with van der Waals surface area (Å²) in [5.74, 6) is -1.20. The van der Waals surface area contributed by atoms with Crippen molar-refractivity contribution in [1.29, 1.82) is 0 Å². The molecule has 5 nitrogen and oxygen atoms in total. The average Bonchev–Trinajstić information content (AvgIpc) is 3.00. The number of para-hydroxylation sites is 1. The van der Waals surface area contributed by atoms with Crippen LogP contribution in [0.5, 0.6) is 0 Å². The third-order valence-electron chi connectivity index (χ3n) is 4.40. The summed E-state index contributed by atoms with van der Waals surface area (Å²) in [6.45, 7) is 1.91. The molecule has 1 amide bonds. The maximum absolute atomic E-state index is 12.9. The zero-order chi connectivity index (χ0) is 19.4. The van der Waals surface area contributed by atoms with Crippen LogP contribution in [0, 0.1) is 5.82 Å². The van der Waals surface area contributed by atoms with Gasteiger partial charge < -0.3 is 14.6 Å². The molecule has 0 saturated heterocycles. The molecule has 3 rings (SSSR count). The Labute approximate surface area is 156 Å². The standard InChI is InChI=1S/C21H21FN2O3/c1-14(20(25)23-12-11-15-7-9-16(22)10-8-15)27-21(26)18-13-24(2)19-6-4-3-5-17(18)19/h3-10,13-14H,11-12H2,1-2H3,(H,23,25)/t14-/m1/s1. The lowest BCUT2D eigenvalue weighted by Gasteiger charge is -2.13. The Morgan fingerprint density at radius 2 is 1.85 bits per heavy atom. The Morgan fingerprint density at radius 1 is 1.15 bits per heavy atom. The van der Waals surface area contributed by atoms with Gasteiger partial charge in [-0.05, 0) is 37.1 Å². The van der Waals surface area contributed by atoms with Crippen LogP contribution >= 0.6 is 0 Å². The Morgan fingerprint density at radius 3 is 2.59 bits per heavy atom. The average molecular weight is 368 g/mol. The number of fused-ring (bicyclic) bond motifs is 1. The number of nitrogens with one attached hydrogen (secondary N) is 1. The summed E-state index contributed by atoms with van der Waals surface area (Å²) in [4.78, 5) is 24.6. The molecule has 0 aliphatic carbocycles. The highest BCUT2D eigenvalue weighted by Gasteiger charge is 2.21. The van der Waals surface area contributed by atoms with Crippen molar-refractivity contribution in [2.24, 2.45) is 7.05 Å². The zero-order valence-corrected chi connectivity index (χ0v) is 15.2. The summed E-state index contributed by atoms with van der Waals surface area (Å²) < 4.78 is 20.1. The maximum Gasteiger partial charge on any atom is 0.341 e. The molecule has 0 radical (unpaired) electrons. The molecule has 0 saturated carbocycles. The molecule has 1 atom stereocenters. The first-order valence-corrected chi connectivity index (χ1v) is 8.73. The number of carbonyl (C=O) groups is 2. The lowest BCUT2D eigenvalue weighted by Crippen LogP contribution is -2.36. The van der Waals surface area contributed by atoms with Gasteiger partial charge in [-0.25, -0.2) is 9.18 Å². The van der Waals surface area contributed by atoms with Gasteiger partial charge in [0.05, 0.1) is 5.56 Å². The molecular weight excluding hydrogens is 347 g/mol. The molecule has 0 unspecified atom stereocenters. The number of aryl methyl sites for hydroxylation is 1. The number of rotatable bonds is 6. The van der Waals surface area contributed by atoms with Crippen LogP contribution in [0.15, 0.2) is 54.7 Å². The number of hydrogen-bond acceptors (Lipinski definition) is 3. The number of amides is 1. The second-order valence-corrected chi connectivity index (χ2v) is 6.39. The highest BCUT2D eigenvalue weighted by Crippen LogP contribution is 2.21. The topological polar surface area (TPSA) is 60.3 Å². The third-order valence-corrected chi connectivity index (χ3v) is 4.40. The van der Waals surface area contributed by atoms with Gasteiger partial charge >= 0.3 is 5.97 Å². The molecule has 2 aromatic carbocycles. The predicted octanol–water partition coefficient (Wildman–Crippen LogP) is 3.22. The molecule has 0 bridgehead atoms. The number of carbonyl (C=O) groups excluding carboxylic acids is 2. The summed E-state index contributed by atoms with van der Waals surface area (Å²) in [5.41, 5.74) is 2.26. The van der Waals surface area contributed by atoms with Crippen molar-refractivity contribution >= 4 is 22.8 Å². The smallest absolute Gasteiger partial charge is 0.341 e. The van der Waals surface area contributed by atoms with Crippen molar-refractivity contribution in [2.45, 2.75) is 19.4 Å². The van der Waals surface area contributed by atoms with Crippen LogP contribution in [0.2, 0.25) is 0 Å². The fraction of sp³-hybridized carbons (Fsp3) is 0.238. The van der Waals surface area contributed by atoms with Crippen LogP contribution in [-0.4, -0.2) is 29.1 Å². The normalized spacial score (nSPS) is 12.0. The second kappa shape index (κ2) is 8.03. The van der Waals surface area contributed by atoms with Gasteiger partial charge in [0.15, 0.2) is 6.10 Å². The summed E-state index contributed by atoms with van der Waals surface area (Å²) in [6.07, 6.45) is 1.35. The molecule has 27 heavy (non-hydrogen) atoms. The summed E-state index contributed by atoms with van der Waals surface area (Å²) in [6, 6.07) is 13.6. The number of halogens is 1. The van der Waals surface area contributed by atoms with Gasteiger partial charge in [0.1, 0.15) is 5.82 Å². The second-order valence-electron chi connectivity index (χ2n) is 6.39. The van der Waals surface area contributed by atoms with Crippen LogP contribution in [0.3, 0.4) is 0 Å². The van der Waals surface area contributed by atoms with E-state index in [4.69, 9.17) is 4.74 Å². The molecule has 0 fully saturated rings. The minimum Gasteiger partial charge on any atom is -0.449 e. The Kier molecular flexibility index (Phi) is 5.54. The predicted molar refractivity (Wildman–Crippen MR) is 101 cm³/mol. The van der Waals surface area contributed by atoms with E-state index in [1.54, 1.807) is 18.3 Å². The summed E-state index contributed by atoms with van der Waals surface area (Å²) >= 11 is 0. The molecule has 0 aliphatic rings. The molecule has 0 aliphatic heterocycles. The Balaban J connectivity index is 1.55. The fourth-order valence-electron chi connectivity index (χ4n) is 2.91. The first-order chi connectivity index (χ1) is 13.0. The van der Waals surface area contributed by atoms with E-state index in [2.05, 4.69) is 5.32 Å². The first kappa shape index (κ1) is 18.6. The van der Waals surface area contributed by atoms with Crippen LogP contribution in [0.25, 0.3) is 10.9 Å². The molecule has 1 aromatic heterocycles. The molecule has 0 spiro atoms. The van der Waals surface area contributed by atoms with Crippen LogP contribution in [-0.2, 0) is 23.0 Å². The Bertz CT molecular complexity index is 963. The fourth-order valence-corrected chi connectivity index (χ4v) is 2.91. The lowest BCUT2D eigenvalue weighted by molar-refractivity contribution is -0.129. The Hall–Kier alpha value is -3.15. The van der Waals surface area contributed by atoms with E-state index < -0.39 is 12.1 Å². The van der Waals surface area contributed by atoms with Crippen molar-refractivity contribution in [3.05, 3.63) is 71.7 Å².